The standard InChI is InChI=1S/C17H26O2/c1-4-6-8-15(5-2)14-19-17-10-7-9-16(13-17)11-12-18-3/h7,9-13,15H,4-6,8,14H2,1-3H3. The molecule has 0 radical (unpaired) electrons. The summed E-state index contributed by atoms with van der Waals surface area (Å²) in [6.45, 7) is 5.29. The third kappa shape index (κ3) is 6.32. The molecule has 0 aliphatic rings. The van der Waals surface area contributed by atoms with Crippen LogP contribution in [-0.2, 0) is 4.74 Å². The summed E-state index contributed by atoms with van der Waals surface area (Å²) in [6.07, 6.45) is 8.60. The molecule has 0 saturated carbocycles. The molecule has 0 spiro atoms. The third-order valence-corrected chi connectivity index (χ3v) is 3.28. The molecule has 19 heavy (non-hydrogen) atoms. The quantitative estimate of drug-likeness (QED) is 0.589. The number of hydrogen-bond donors (Lipinski definition) is 0. The Labute approximate surface area is 117 Å². The summed E-state index contributed by atoms with van der Waals surface area (Å²) in [7, 11) is 1.65. The van der Waals surface area contributed by atoms with Crippen molar-refractivity contribution < 1.29 is 9.47 Å². The van der Waals surface area contributed by atoms with Crippen LogP contribution in [-0.4, -0.2) is 13.7 Å². The SMILES string of the molecule is CCCCC(CC)COc1cccc(C=COC)c1. The van der Waals surface area contributed by atoms with Crippen LogP contribution in [0, 0.1) is 5.92 Å². The lowest BCUT2D eigenvalue weighted by molar-refractivity contribution is 0.233. The molecule has 0 aliphatic carbocycles. The smallest absolute Gasteiger partial charge is 0.119 e. The summed E-state index contributed by atoms with van der Waals surface area (Å²) < 4.78 is 10.8. The summed E-state index contributed by atoms with van der Waals surface area (Å²) in [6, 6.07) is 8.10. The highest BCUT2D eigenvalue weighted by Crippen LogP contribution is 2.18. The van der Waals surface area contributed by atoms with Crippen molar-refractivity contribution >= 4 is 6.08 Å². The Hall–Kier alpha value is -1.44. The van der Waals surface area contributed by atoms with E-state index in [0.29, 0.717) is 5.92 Å². The van der Waals surface area contributed by atoms with Crippen molar-refractivity contribution in [2.24, 2.45) is 5.92 Å². The van der Waals surface area contributed by atoms with Gasteiger partial charge in [0.15, 0.2) is 0 Å². The minimum absolute atomic E-state index is 0.665. The second-order valence-corrected chi connectivity index (χ2v) is 4.84. The normalized spacial score (nSPS) is 12.6. The molecule has 106 valence electrons. The Morgan fingerprint density at radius 3 is 2.79 bits per heavy atom. The summed E-state index contributed by atoms with van der Waals surface area (Å²) in [4.78, 5) is 0. The molecule has 1 unspecified atom stereocenters. The van der Waals surface area contributed by atoms with Crippen molar-refractivity contribution in [3.63, 3.8) is 0 Å². The largest absolute Gasteiger partial charge is 0.504 e. The third-order valence-electron chi connectivity index (χ3n) is 3.28. The van der Waals surface area contributed by atoms with Gasteiger partial charge in [-0.2, -0.15) is 0 Å². The van der Waals surface area contributed by atoms with E-state index in [1.165, 1.54) is 25.7 Å². The van der Waals surface area contributed by atoms with Crippen molar-refractivity contribution in [1.82, 2.24) is 0 Å². The van der Waals surface area contributed by atoms with Crippen molar-refractivity contribution in [2.45, 2.75) is 39.5 Å². The highest BCUT2D eigenvalue weighted by atomic mass is 16.5. The molecule has 0 N–H and O–H groups in total. The molecule has 2 nitrogen and oxygen atoms in total. The van der Waals surface area contributed by atoms with Crippen LogP contribution < -0.4 is 4.74 Å². The lowest BCUT2D eigenvalue weighted by Crippen LogP contribution is -2.11. The average molecular weight is 262 g/mol. The predicted octanol–water partition coefficient (Wildman–Crippen LogP) is 4.90. The van der Waals surface area contributed by atoms with E-state index < -0.39 is 0 Å². The van der Waals surface area contributed by atoms with E-state index in [1.54, 1.807) is 13.4 Å². The molecule has 0 saturated heterocycles. The first-order chi connectivity index (χ1) is 9.30. The minimum atomic E-state index is 0.665. The lowest BCUT2D eigenvalue weighted by Gasteiger charge is -2.15. The maximum absolute atomic E-state index is 5.90. The van der Waals surface area contributed by atoms with Crippen molar-refractivity contribution in [1.29, 1.82) is 0 Å². The molecule has 1 atom stereocenters. The van der Waals surface area contributed by atoms with Crippen LogP contribution in [0.1, 0.15) is 45.1 Å². The van der Waals surface area contributed by atoms with Gasteiger partial charge in [-0.3, -0.25) is 0 Å². The Morgan fingerprint density at radius 1 is 1.26 bits per heavy atom. The fourth-order valence-electron chi connectivity index (χ4n) is 1.97. The molecule has 0 bridgehead atoms. The Kier molecular flexibility index (Phi) is 7.80. The fraction of sp³-hybridized carbons (Fsp3) is 0.529. The van der Waals surface area contributed by atoms with Gasteiger partial charge in [0, 0.05) is 0 Å². The summed E-state index contributed by atoms with van der Waals surface area (Å²) in [5, 5.41) is 0. The van der Waals surface area contributed by atoms with E-state index in [2.05, 4.69) is 13.8 Å². The maximum Gasteiger partial charge on any atom is 0.119 e. The van der Waals surface area contributed by atoms with E-state index in [1.807, 2.05) is 30.3 Å². The van der Waals surface area contributed by atoms with Crippen LogP contribution in [0.2, 0.25) is 0 Å². The van der Waals surface area contributed by atoms with E-state index in [-0.39, 0.29) is 0 Å². The van der Waals surface area contributed by atoms with Gasteiger partial charge in [-0.15, -0.1) is 0 Å². The molecule has 0 amide bonds. The Balaban J connectivity index is 2.49. The Morgan fingerprint density at radius 2 is 2.11 bits per heavy atom. The van der Waals surface area contributed by atoms with Crippen LogP contribution in [0.25, 0.3) is 6.08 Å². The van der Waals surface area contributed by atoms with Crippen LogP contribution >= 0.6 is 0 Å². The molecule has 0 aromatic heterocycles. The molecule has 0 aliphatic heterocycles. The van der Waals surface area contributed by atoms with Crippen molar-refractivity contribution in [2.75, 3.05) is 13.7 Å². The van der Waals surface area contributed by atoms with Gasteiger partial charge in [-0.25, -0.2) is 0 Å². The van der Waals surface area contributed by atoms with Gasteiger partial charge in [-0.05, 0) is 36.1 Å². The van der Waals surface area contributed by atoms with E-state index in [4.69, 9.17) is 9.47 Å². The average Bonchev–Trinajstić information content (AvgIpc) is 2.46. The van der Waals surface area contributed by atoms with Crippen molar-refractivity contribution in [3.8, 4) is 5.75 Å². The minimum Gasteiger partial charge on any atom is -0.504 e. The molecule has 1 rings (SSSR count). The van der Waals surface area contributed by atoms with Gasteiger partial charge in [-0.1, -0.05) is 45.2 Å². The second kappa shape index (κ2) is 9.48. The van der Waals surface area contributed by atoms with Gasteiger partial charge in [0.05, 0.1) is 20.0 Å². The first-order valence-corrected chi connectivity index (χ1v) is 7.22. The Bertz CT molecular complexity index is 371. The monoisotopic (exact) mass is 262 g/mol. The molecule has 0 heterocycles. The summed E-state index contributed by atoms with van der Waals surface area (Å²) in [5.74, 6) is 1.60. The number of ether oxygens (including phenoxy) is 2. The van der Waals surface area contributed by atoms with Gasteiger partial charge >= 0.3 is 0 Å². The lowest BCUT2D eigenvalue weighted by atomic mass is 10.0. The van der Waals surface area contributed by atoms with Crippen molar-refractivity contribution in [3.05, 3.63) is 36.1 Å². The van der Waals surface area contributed by atoms with E-state index in [9.17, 15) is 0 Å². The van der Waals surface area contributed by atoms with Gasteiger partial charge < -0.3 is 9.47 Å². The molecular formula is C17H26O2. The second-order valence-electron chi connectivity index (χ2n) is 4.84. The molecule has 0 fully saturated rings. The van der Waals surface area contributed by atoms with Gasteiger partial charge in [0.25, 0.3) is 0 Å². The first-order valence-electron chi connectivity index (χ1n) is 7.22. The topological polar surface area (TPSA) is 18.5 Å². The number of unbranched alkanes of at least 4 members (excludes halogenated alkanes) is 1. The number of benzene rings is 1. The van der Waals surface area contributed by atoms with Gasteiger partial charge in [0.1, 0.15) is 5.75 Å². The van der Waals surface area contributed by atoms with Crippen LogP contribution in [0.3, 0.4) is 0 Å². The number of hydrogen-bond acceptors (Lipinski definition) is 2. The van der Waals surface area contributed by atoms with Gasteiger partial charge in [0.2, 0.25) is 0 Å². The predicted molar refractivity (Wildman–Crippen MR) is 81.3 cm³/mol. The molecule has 1 aromatic rings. The van der Waals surface area contributed by atoms with E-state index in [0.717, 1.165) is 17.9 Å². The summed E-state index contributed by atoms with van der Waals surface area (Å²) >= 11 is 0. The number of methoxy groups -OCH3 is 1. The first kappa shape index (κ1) is 15.6. The molecule has 1 aromatic carbocycles. The maximum atomic E-state index is 5.90. The molecular weight excluding hydrogens is 236 g/mol. The highest BCUT2D eigenvalue weighted by Gasteiger charge is 2.06. The zero-order valence-electron chi connectivity index (χ0n) is 12.4. The van der Waals surface area contributed by atoms with E-state index >= 15 is 0 Å². The fourth-order valence-corrected chi connectivity index (χ4v) is 1.97. The molecule has 2 heteroatoms. The highest BCUT2D eigenvalue weighted by molar-refractivity contribution is 5.50. The zero-order valence-corrected chi connectivity index (χ0v) is 12.4. The van der Waals surface area contributed by atoms with Crippen LogP contribution in [0.5, 0.6) is 5.75 Å². The van der Waals surface area contributed by atoms with Crippen LogP contribution in [0.15, 0.2) is 30.5 Å². The number of rotatable bonds is 9. The zero-order chi connectivity index (χ0) is 13.9. The van der Waals surface area contributed by atoms with Crippen LogP contribution in [0.4, 0.5) is 0 Å². The summed E-state index contributed by atoms with van der Waals surface area (Å²) in [5.41, 5.74) is 1.10.